The molecule has 0 aliphatic carbocycles. The van der Waals surface area contributed by atoms with Crippen LogP contribution in [0.15, 0.2) is 79.0 Å². The number of rotatable bonds is 5. The van der Waals surface area contributed by atoms with Crippen molar-refractivity contribution in [1.29, 1.82) is 0 Å². The summed E-state index contributed by atoms with van der Waals surface area (Å²) in [5.41, 5.74) is 2.45. The average Bonchev–Trinajstić information content (AvgIpc) is 2.67. The van der Waals surface area contributed by atoms with Gasteiger partial charge in [-0.25, -0.2) is 0 Å². The Morgan fingerprint density at radius 2 is 1.77 bits per heavy atom. The molecule has 1 aromatic heterocycles. The lowest BCUT2D eigenvalue weighted by Crippen LogP contribution is -2.28. The monoisotopic (exact) mass is 382 g/mol. The van der Waals surface area contributed by atoms with Gasteiger partial charge in [0.05, 0.1) is 11.7 Å². The number of hydrogen-bond acceptors (Lipinski definition) is 2. The fourth-order valence-electron chi connectivity index (χ4n) is 2.51. The summed E-state index contributed by atoms with van der Waals surface area (Å²) in [4.78, 5) is 16.8. The van der Waals surface area contributed by atoms with Crippen LogP contribution < -0.4 is 5.32 Å². The Morgan fingerprint density at radius 1 is 1.00 bits per heavy atom. The molecular weight excluding hydrogens is 367 g/mol. The van der Waals surface area contributed by atoms with E-state index in [1.165, 1.54) is 6.08 Å². The number of benzene rings is 2. The Morgan fingerprint density at radius 3 is 2.46 bits per heavy atom. The van der Waals surface area contributed by atoms with Gasteiger partial charge in [0.2, 0.25) is 5.91 Å². The largest absolute Gasteiger partial charge is 0.340 e. The fraction of sp³-hybridized carbons (Fsp3) is 0.0476. The van der Waals surface area contributed by atoms with E-state index in [-0.39, 0.29) is 11.9 Å². The van der Waals surface area contributed by atoms with E-state index in [1.54, 1.807) is 30.5 Å². The normalized spacial score (nSPS) is 12.1. The van der Waals surface area contributed by atoms with Gasteiger partial charge in [0.15, 0.2) is 0 Å². The Balaban J connectivity index is 1.80. The third-order valence-corrected chi connectivity index (χ3v) is 4.34. The zero-order chi connectivity index (χ0) is 18.4. The second kappa shape index (κ2) is 8.65. The van der Waals surface area contributed by atoms with Gasteiger partial charge in [0.25, 0.3) is 0 Å². The van der Waals surface area contributed by atoms with Crippen molar-refractivity contribution < 1.29 is 4.79 Å². The van der Waals surface area contributed by atoms with Gasteiger partial charge in [0, 0.05) is 22.3 Å². The lowest BCUT2D eigenvalue weighted by atomic mass is 10.0. The van der Waals surface area contributed by atoms with Crippen molar-refractivity contribution >= 4 is 35.2 Å². The molecule has 0 spiro atoms. The van der Waals surface area contributed by atoms with Crippen LogP contribution in [0.5, 0.6) is 0 Å². The Kier molecular flexibility index (Phi) is 6.05. The third kappa shape index (κ3) is 4.72. The van der Waals surface area contributed by atoms with E-state index in [2.05, 4.69) is 10.3 Å². The number of nitrogens with one attached hydrogen (secondary N) is 1. The molecule has 0 aliphatic heterocycles. The lowest BCUT2D eigenvalue weighted by molar-refractivity contribution is -0.116. The van der Waals surface area contributed by atoms with Gasteiger partial charge in [-0.1, -0.05) is 65.7 Å². The topological polar surface area (TPSA) is 42.0 Å². The zero-order valence-electron chi connectivity index (χ0n) is 13.8. The number of halogens is 2. The highest BCUT2D eigenvalue weighted by Crippen LogP contribution is 2.23. The van der Waals surface area contributed by atoms with E-state index in [0.29, 0.717) is 10.0 Å². The van der Waals surface area contributed by atoms with Crippen molar-refractivity contribution in [3.63, 3.8) is 0 Å². The van der Waals surface area contributed by atoms with Crippen molar-refractivity contribution in [3.05, 3.63) is 106 Å². The summed E-state index contributed by atoms with van der Waals surface area (Å²) < 4.78 is 0. The highest BCUT2D eigenvalue weighted by molar-refractivity contribution is 6.35. The molecule has 0 saturated carbocycles. The van der Waals surface area contributed by atoms with Crippen LogP contribution in [0.2, 0.25) is 10.0 Å². The van der Waals surface area contributed by atoms with E-state index in [1.807, 2.05) is 48.5 Å². The fourth-order valence-corrected chi connectivity index (χ4v) is 2.98. The number of amides is 1. The highest BCUT2D eigenvalue weighted by atomic mass is 35.5. The second-order valence-electron chi connectivity index (χ2n) is 5.61. The molecule has 26 heavy (non-hydrogen) atoms. The first-order valence-corrected chi connectivity index (χ1v) is 8.78. The number of carbonyl (C=O) groups excluding carboxylic acids is 1. The molecule has 3 aromatic rings. The van der Waals surface area contributed by atoms with Crippen molar-refractivity contribution in [3.8, 4) is 0 Å². The Labute approximate surface area is 162 Å². The number of nitrogens with zero attached hydrogens (tertiary/aromatic N) is 1. The summed E-state index contributed by atoms with van der Waals surface area (Å²) >= 11 is 12.0. The van der Waals surface area contributed by atoms with Crippen LogP contribution in [0.25, 0.3) is 6.08 Å². The van der Waals surface area contributed by atoms with Crippen LogP contribution >= 0.6 is 23.2 Å². The molecule has 5 heteroatoms. The van der Waals surface area contributed by atoms with Crippen LogP contribution in [0.4, 0.5) is 0 Å². The standard InChI is InChI=1S/C21H16Cl2N2O/c22-17-11-9-15(18(23)14-17)10-12-20(26)25-21(16-6-2-1-3-7-16)19-8-4-5-13-24-19/h1-14,21H,(H,25,26). The molecule has 0 radical (unpaired) electrons. The van der Waals surface area contributed by atoms with E-state index in [9.17, 15) is 4.79 Å². The number of aromatic nitrogens is 1. The van der Waals surface area contributed by atoms with E-state index in [4.69, 9.17) is 23.2 Å². The van der Waals surface area contributed by atoms with Crippen molar-refractivity contribution in [1.82, 2.24) is 10.3 Å². The molecule has 1 atom stereocenters. The van der Waals surface area contributed by atoms with Crippen molar-refractivity contribution in [2.75, 3.05) is 0 Å². The third-order valence-electron chi connectivity index (χ3n) is 3.78. The van der Waals surface area contributed by atoms with Crippen LogP contribution in [0.1, 0.15) is 22.9 Å². The summed E-state index contributed by atoms with van der Waals surface area (Å²) in [6.45, 7) is 0. The van der Waals surface area contributed by atoms with Crippen molar-refractivity contribution in [2.45, 2.75) is 6.04 Å². The van der Waals surface area contributed by atoms with Gasteiger partial charge in [-0.05, 0) is 41.5 Å². The van der Waals surface area contributed by atoms with E-state index < -0.39 is 0 Å². The summed E-state index contributed by atoms with van der Waals surface area (Å²) in [7, 11) is 0. The maximum atomic E-state index is 12.5. The number of carbonyl (C=O) groups is 1. The van der Waals surface area contributed by atoms with Gasteiger partial charge < -0.3 is 5.32 Å². The first-order valence-electron chi connectivity index (χ1n) is 8.03. The molecule has 1 unspecified atom stereocenters. The molecule has 1 heterocycles. The average molecular weight is 383 g/mol. The maximum Gasteiger partial charge on any atom is 0.244 e. The molecule has 0 saturated heterocycles. The molecular formula is C21H16Cl2N2O. The minimum Gasteiger partial charge on any atom is -0.340 e. The molecule has 2 aromatic carbocycles. The van der Waals surface area contributed by atoms with Gasteiger partial charge >= 0.3 is 0 Å². The van der Waals surface area contributed by atoms with E-state index >= 15 is 0 Å². The Hall–Kier alpha value is -2.62. The predicted octanol–water partition coefficient (Wildman–Crippen LogP) is 5.31. The summed E-state index contributed by atoms with van der Waals surface area (Å²) in [5, 5.41) is 4.04. The van der Waals surface area contributed by atoms with Crippen molar-refractivity contribution in [2.24, 2.45) is 0 Å². The van der Waals surface area contributed by atoms with E-state index in [0.717, 1.165) is 16.8 Å². The SMILES string of the molecule is O=C(C=Cc1ccc(Cl)cc1Cl)NC(c1ccccc1)c1ccccn1. The van der Waals surface area contributed by atoms with Crippen LogP contribution in [0, 0.1) is 0 Å². The lowest BCUT2D eigenvalue weighted by Gasteiger charge is -2.18. The zero-order valence-corrected chi connectivity index (χ0v) is 15.3. The van der Waals surface area contributed by atoms with Crippen LogP contribution in [-0.2, 0) is 4.79 Å². The summed E-state index contributed by atoms with van der Waals surface area (Å²) in [5.74, 6) is -0.240. The molecule has 0 fully saturated rings. The molecule has 3 nitrogen and oxygen atoms in total. The van der Waals surface area contributed by atoms with Gasteiger partial charge in [0.1, 0.15) is 0 Å². The maximum absolute atomic E-state index is 12.5. The molecule has 3 rings (SSSR count). The smallest absolute Gasteiger partial charge is 0.244 e. The molecule has 130 valence electrons. The molecule has 0 aliphatic rings. The summed E-state index contributed by atoms with van der Waals surface area (Å²) in [6.07, 6.45) is 4.82. The number of pyridine rings is 1. The molecule has 0 bridgehead atoms. The summed E-state index contributed by atoms with van der Waals surface area (Å²) in [6, 6.07) is 20.1. The Bertz CT molecular complexity index is 872. The second-order valence-corrected chi connectivity index (χ2v) is 6.45. The van der Waals surface area contributed by atoms with Gasteiger partial charge in [-0.2, -0.15) is 0 Å². The molecule has 1 amide bonds. The van der Waals surface area contributed by atoms with Crippen LogP contribution in [-0.4, -0.2) is 10.9 Å². The van der Waals surface area contributed by atoms with Crippen LogP contribution in [0.3, 0.4) is 0 Å². The number of hydrogen-bond donors (Lipinski definition) is 1. The first-order chi connectivity index (χ1) is 12.6. The van der Waals surface area contributed by atoms with Gasteiger partial charge in [-0.15, -0.1) is 0 Å². The van der Waals surface area contributed by atoms with Gasteiger partial charge in [-0.3, -0.25) is 9.78 Å². The molecule has 1 N–H and O–H groups in total. The highest BCUT2D eigenvalue weighted by Gasteiger charge is 2.16. The first kappa shape index (κ1) is 18.2. The minimum atomic E-state index is -0.338. The quantitative estimate of drug-likeness (QED) is 0.607. The predicted molar refractivity (Wildman–Crippen MR) is 106 cm³/mol. The minimum absolute atomic E-state index is 0.240.